The third-order valence-electron chi connectivity index (χ3n) is 2.97. The fourth-order valence-corrected chi connectivity index (χ4v) is 2.81. The van der Waals surface area contributed by atoms with Crippen LogP contribution in [0, 0.1) is 5.41 Å². The van der Waals surface area contributed by atoms with E-state index in [9.17, 15) is 4.79 Å². The molecule has 0 aliphatic rings. The Balaban J connectivity index is 2.32. The maximum absolute atomic E-state index is 11.8. The minimum Gasteiger partial charge on any atom is -0.396 e. The van der Waals surface area contributed by atoms with E-state index in [0.717, 1.165) is 17.7 Å². The molecular weight excluding hydrogens is 294 g/mol. The van der Waals surface area contributed by atoms with Crippen LogP contribution in [0.2, 0.25) is 5.02 Å². The predicted octanol–water partition coefficient (Wildman–Crippen LogP) is 3.35. The Morgan fingerprint density at radius 3 is 2.75 bits per heavy atom. The van der Waals surface area contributed by atoms with Gasteiger partial charge >= 0.3 is 0 Å². The number of amides is 1. The van der Waals surface area contributed by atoms with Gasteiger partial charge in [-0.2, -0.15) is 0 Å². The number of hydrogen-bond acceptors (Lipinski definition) is 3. The Bertz CT molecular complexity index is 438. The molecule has 0 aliphatic heterocycles. The third-order valence-corrected chi connectivity index (χ3v) is 4.49. The first-order valence-corrected chi connectivity index (χ1v) is 8.06. The van der Waals surface area contributed by atoms with Crippen LogP contribution < -0.4 is 5.32 Å². The van der Waals surface area contributed by atoms with Crippen LogP contribution in [-0.4, -0.2) is 29.9 Å². The molecule has 0 bridgehead atoms. The number of aliphatic hydroxyl groups excluding tert-OH is 1. The van der Waals surface area contributed by atoms with Crippen molar-refractivity contribution in [3.8, 4) is 0 Å². The lowest BCUT2D eigenvalue weighted by atomic mass is 9.88. The van der Waals surface area contributed by atoms with Crippen molar-refractivity contribution in [1.82, 2.24) is 5.32 Å². The van der Waals surface area contributed by atoms with Gasteiger partial charge in [-0.1, -0.05) is 37.6 Å². The molecule has 0 unspecified atom stereocenters. The Morgan fingerprint density at radius 1 is 1.40 bits per heavy atom. The molecule has 20 heavy (non-hydrogen) atoms. The fraction of sp³-hybridized carbons (Fsp3) is 0.533. The molecule has 2 N–H and O–H groups in total. The smallest absolute Gasteiger partial charge is 0.230 e. The minimum atomic E-state index is 0.00648. The lowest BCUT2D eigenvalue weighted by molar-refractivity contribution is -0.119. The second kappa shape index (κ2) is 8.55. The molecule has 0 fully saturated rings. The van der Waals surface area contributed by atoms with Crippen LogP contribution in [0.5, 0.6) is 0 Å². The van der Waals surface area contributed by atoms with Gasteiger partial charge in [0, 0.05) is 18.0 Å². The van der Waals surface area contributed by atoms with Crippen LogP contribution in [0.1, 0.15) is 26.7 Å². The molecule has 0 saturated heterocycles. The largest absolute Gasteiger partial charge is 0.396 e. The monoisotopic (exact) mass is 315 g/mol. The van der Waals surface area contributed by atoms with E-state index in [1.165, 1.54) is 11.8 Å². The molecule has 0 heterocycles. The van der Waals surface area contributed by atoms with Gasteiger partial charge < -0.3 is 10.4 Å². The van der Waals surface area contributed by atoms with Gasteiger partial charge in [0.1, 0.15) is 0 Å². The van der Waals surface area contributed by atoms with E-state index < -0.39 is 0 Å². The summed E-state index contributed by atoms with van der Waals surface area (Å²) in [5.41, 5.74) is 0.00739. The maximum atomic E-state index is 11.8. The van der Waals surface area contributed by atoms with Gasteiger partial charge in [-0.3, -0.25) is 4.79 Å². The van der Waals surface area contributed by atoms with Gasteiger partial charge in [0.15, 0.2) is 0 Å². The first-order chi connectivity index (χ1) is 9.44. The maximum Gasteiger partial charge on any atom is 0.230 e. The van der Waals surface area contributed by atoms with E-state index in [1.54, 1.807) is 0 Å². The van der Waals surface area contributed by atoms with Crippen molar-refractivity contribution >= 4 is 29.3 Å². The summed E-state index contributed by atoms with van der Waals surface area (Å²) in [6.45, 7) is 4.99. The van der Waals surface area contributed by atoms with Crippen LogP contribution in [0.4, 0.5) is 0 Å². The topological polar surface area (TPSA) is 49.3 Å². The van der Waals surface area contributed by atoms with Crippen molar-refractivity contribution in [3.05, 3.63) is 29.3 Å². The summed E-state index contributed by atoms with van der Waals surface area (Å²) in [5.74, 6) is 0.367. The highest BCUT2D eigenvalue weighted by Crippen LogP contribution is 2.26. The van der Waals surface area contributed by atoms with Crippen LogP contribution in [0.3, 0.4) is 0 Å². The Morgan fingerprint density at radius 2 is 2.10 bits per heavy atom. The van der Waals surface area contributed by atoms with Crippen molar-refractivity contribution in [2.24, 2.45) is 5.41 Å². The molecule has 0 aliphatic carbocycles. The number of rotatable bonds is 8. The highest BCUT2D eigenvalue weighted by Gasteiger charge is 2.18. The van der Waals surface area contributed by atoms with Crippen molar-refractivity contribution in [3.63, 3.8) is 0 Å². The van der Waals surface area contributed by atoms with Gasteiger partial charge in [0.25, 0.3) is 0 Å². The molecule has 0 spiro atoms. The van der Waals surface area contributed by atoms with Gasteiger partial charge in [-0.05, 0) is 30.4 Å². The first kappa shape index (κ1) is 17.3. The van der Waals surface area contributed by atoms with Crippen molar-refractivity contribution in [2.45, 2.75) is 31.6 Å². The van der Waals surface area contributed by atoms with Crippen LogP contribution in [0.25, 0.3) is 0 Å². The summed E-state index contributed by atoms with van der Waals surface area (Å²) in [6.07, 6.45) is 1.65. The standard InChI is InChI=1S/C15H22ClNO2S/c1-15(2,8-5-9-18)11-17-14(19)10-20-13-7-4-3-6-12(13)16/h3-4,6-7,18H,5,8-11H2,1-2H3,(H,17,19). The summed E-state index contributed by atoms with van der Waals surface area (Å²) in [6, 6.07) is 7.51. The normalized spacial score (nSPS) is 11.4. The molecule has 3 nitrogen and oxygen atoms in total. The molecule has 112 valence electrons. The van der Waals surface area contributed by atoms with E-state index in [0.29, 0.717) is 17.3 Å². The van der Waals surface area contributed by atoms with E-state index in [-0.39, 0.29) is 17.9 Å². The van der Waals surface area contributed by atoms with Gasteiger partial charge in [0.2, 0.25) is 5.91 Å². The number of carbonyl (C=O) groups excluding carboxylic acids is 1. The zero-order chi connectivity index (χ0) is 15.0. The van der Waals surface area contributed by atoms with E-state index in [2.05, 4.69) is 19.2 Å². The SMILES string of the molecule is CC(C)(CCCO)CNC(=O)CSc1ccccc1Cl. The number of aliphatic hydroxyl groups is 1. The van der Waals surface area contributed by atoms with Crippen LogP contribution in [-0.2, 0) is 4.79 Å². The molecule has 1 aromatic carbocycles. The molecule has 0 radical (unpaired) electrons. The molecule has 1 amide bonds. The van der Waals surface area contributed by atoms with Crippen molar-refractivity contribution in [2.75, 3.05) is 18.9 Å². The fourth-order valence-electron chi connectivity index (χ4n) is 1.74. The van der Waals surface area contributed by atoms with Gasteiger partial charge in [0.05, 0.1) is 10.8 Å². The van der Waals surface area contributed by atoms with E-state index >= 15 is 0 Å². The van der Waals surface area contributed by atoms with Gasteiger partial charge in [-0.15, -0.1) is 11.8 Å². The highest BCUT2D eigenvalue weighted by atomic mass is 35.5. The molecule has 5 heteroatoms. The average Bonchev–Trinajstić information content (AvgIpc) is 2.42. The Kier molecular flexibility index (Phi) is 7.41. The van der Waals surface area contributed by atoms with Crippen LogP contribution in [0.15, 0.2) is 29.2 Å². The predicted molar refractivity (Wildman–Crippen MR) is 85.3 cm³/mol. The quantitative estimate of drug-likeness (QED) is 0.723. The second-order valence-electron chi connectivity index (χ2n) is 5.49. The second-order valence-corrected chi connectivity index (χ2v) is 6.91. The summed E-state index contributed by atoms with van der Waals surface area (Å²) in [5, 5.41) is 12.5. The molecule has 0 saturated carbocycles. The minimum absolute atomic E-state index is 0.00648. The third kappa shape index (κ3) is 6.64. The Labute approximate surface area is 130 Å². The molecule has 0 atom stereocenters. The zero-order valence-corrected chi connectivity index (χ0v) is 13.6. The summed E-state index contributed by atoms with van der Waals surface area (Å²) in [7, 11) is 0. The molecule has 1 rings (SSSR count). The zero-order valence-electron chi connectivity index (χ0n) is 12.0. The van der Waals surface area contributed by atoms with Gasteiger partial charge in [-0.25, -0.2) is 0 Å². The number of nitrogens with one attached hydrogen (secondary N) is 1. The number of hydrogen-bond donors (Lipinski definition) is 2. The molecule has 1 aromatic rings. The van der Waals surface area contributed by atoms with E-state index in [1.807, 2.05) is 24.3 Å². The number of benzene rings is 1. The lowest BCUT2D eigenvalue weighted by Crippen LogP contribution is -2.35. The summed E-state index contributed by atoms with van der Waals surface area (Å²) in [4.78, 5) is 12.7. The molecule has 0 aromatic heterocycles. The molecular formula is C15H22ClNO2S. The van der Waals surface area contributed by atoms with Crippen LogP contribution >= 0.6 is 23.4 Å². The first-order valence-electron chi connectivity index (χ1n) is 6.69. The Hall–Kier alpha value is -0.710. The van der Waals surface area contributed by atoms with Crippen molar-refractivity contribution < 1.29 is 9.90 Å². The number of thioether (sulfide) groups is 1. The number of carbonyl (C=O) groups is 1. The average molecular weight is 316 g/mol. The number of halogens is 1. The van der Waals surface area contributed by atoms with Crippen molar-refractivity contribution in [1.29, 1.82) is 0 Å². The lowest BCUT2D eigenvalue weighted by Gasteiger charge is -2.24. The highest BCUT2D eigenvalue weighted by molar-refractivity contribution is 8.00. The van der Waals surface area contributed by atoms with E-state index in [4.69, 9.17) is 16.7 Å². The summed E-state index contributed by atoms with van der Waals surface area (Å²) >= 11 is 7.48. The summed E-state index contributed by atoms with van der Waals surface area (Å²) < 4.78 is 0.